The fraction of sp³-hybridized carbons (Fsp3) is 0.273. The van der Waals surface area contributed by atoms with Gasteiger partial charge in [-0.05, 0) is 37.0 Å². The maximum Gasteiger partial charge on any atom is 0.270 e. The number of aromatic amines is 1. The van der Waals surface area contributed by atoms with Gasteiger partial charge in [-0.3, -0.25) is 10.1 Å². The summed E-state index contributed by atoms with van der Waals surface area (Å²) in [6.45, 7) is 0.840. The maximum atomic E-state index is 11.8. The van der Waals surface area contributed by atoms with Crippen LogP contribution in [0.5, 0.6) is 0 Å². The largest absolute Gasteiger partial charge is 0.305 e. The number of nitrogens with zero attached hydrogens (tertiary/aromatic N) is 4. The number of carbonyl (C=O) groups excluding carboxylic acids is 1. The maximum absolute atomic E-state index is 11.8. The molecule has 0 aliphatic carbocycles. The molecule has 1 amide bonds. The van der Waals surface area contributed by atoms with Crippen LogP contribution >= 0.6 is 0 Å². The van der Waals surface area contributed by atoms with E-state index in [1.165, 1.54) is 0 Å². The van der Waals surface area contributed by atoms with E-state index in [-0.39, 0.29) is 11.9 Å². The summed E-state index contributed by atoms with van der Waals surface area (Å²) in [5.41, 5.74) is 1.71. The molecule has 0 saturated carbocycles. The molecule has 1 aromatic carbocycles. The first-order chi connectivity index (χ1) is 8.65. The normalized spacial score (nSPS) is 10.6. The minimum absolute atomic E-state index is 0.164. The average molecular weight is 246 g/mol. The van der Waals surface area contributed by atoms with Gasteiger partial charge in [0.1, 0.15) is 0 Å². The van der Waals surface area contributed by atoms with E-state index in [0.717, 1.165) is 12.1 Å². The third-order valence-electron chi connectivity index (χ3n) is 2.29. The quantitative estimate of drug-likeness (QED) is 0.821. The molecule has 0 aliphatic rings. The van der Waals surface area contributed by atoms with Crippen molar-refractivity contribution in [2.75, 3.05) is 19.4 Å². The summed E-state index contributed by atoms with van der Waals surface area (Å²) in [5, 5.41) is 15.5. The van der Waals surface area contributed by atoms with Gasteiger partial charge in [-0.25, -0.2) is 0 Å². The molecule has 0 spiro atoms. The molecule has 2 rings (SSSR count). The molecule has 2 aromatic rings. The fourth-order valence-electron chi connectivity index (χ4n) is 1.52. The monoisotopic (exact) mass is 246 g/mol. The van der Waals surface area contributed by atoms with Crippen molar-refractivity contribution < 1.29 is 4.79 Å². The first-order valence-electron chi connectivity index (χ1n) is 5.43. The van der Waals surface area contributed by atoms with E-state index >= 15 is 0 Å². The lowest BCUT2D eigenvalue weighted by molar-refractivity contribution is 0.102. The van der Waals surface area contributed by atoms with Crippen LogP contribution in [0.2, 0.25) is 0 Å². The zero-order chi connectivity index (χ0) is 13.0. The Bertz CT molecular complexity index is 505. The highest BCUT2D eigenvalue weighted by Crippen LogP contribution is 2.07. The van der Waals surface area contributed by atoms with Gasteiger partial charge in [0.15, 0.2) is 0 Å². The van der Waals surface area contributed by atoms with E-state index in [1.807, 2.05) is 26.2 Å². The average Bonchev–Trinajstić information content (AvgIpc) is 2.82. The molecule has 7 nitrogen and oxygen atoms in total. The van der Waals surface area contributed by atoms with Gasteiger partial charge in [0.05, 0.1) is 0 Å². The number of hydrogen-bond donors (Lipinski definition) is 2. The number of H-pyrrole nitrogens is 1. The summed E-state index contributed by atoms with van der Waals surface area (Å²) < 4.78 is 0. The minimum atomic E-state index is -0.257. The Hall–Kier alpha value is -2.28. The molecule has 2 N–H and O–H groups in total. The van der Waals surface area contributed by atoms with Crippen molar-refractivity contribution in [3.8, 4) is 0 Å². The number of carbonyl (C=O) groups is 1. The Morgan fingerprint density at radius 3 is 2.61 bits per heavy atom. The van der Waals surface area contributed by atoms with Gasteiger partial charge in [-0.1, -0.05) is 17.2 Å². The highest BCUT2D eigenvalue weighted by molar-refractivity contribution is 6.03. The van der Waals surface area contributed by atoms with Crippen molar-refractivity contribution in [1.82, 2.24) is 25.5 Å². The van der Waals surface area contributed by atoms with Gasteiger partial charge in [0, 0.05) is 12.1 Å². The zero-order valence-electron chi connectivity index (χ0n) is 10.2. The summed E-state index contributed by atoms with van der Waals surface area (Å²) >= 11 is 0. The van der Waals surface area contributed by atoms with E-state index in [9.17, 15) is 4.79 Å². The summed E-state index contributed by atoms with van der Waals surface area (Å²) in [7, 11) is 3.99. The first kappa shape index (κ1) is 12.2. The van der Waals surface area contributed by atoms with Crippen LogP contribution in [0.3, 0.4) is 0 Å². The second kappa shape index (κ2) is 5.37. The van der Waals surface area contributed by atoms with E-state index in [1.54, 1.807) is 12.1 Å². The van der Waals surface area contributed by atoms with Gasteiger partial charge < -0.3 is 4.90 Å². The fourth-order valence-corrected chi connectivity index (χ4v) is 1.52. The van der Waals surface area contributed by atoms with Crippen molar-refractivity contribution in [3.63, 3.8) is 0 Å². The minimum Gasteiger partial charge on any atom is -0.305 e. The molecule has 0 saturated heterocycles. The molecule has 0 bridgehead atoms. The molecule has 0 aliphatic heterocycles. The molecule has 1 aromatic heterocycles. The number of hydrogen-bond acceptors (Lipinski definition) is 5. The van der Waals surface area contributed by atoms with Crippen LogP contribution in [-0.4, -0.2) is 45.5 Å². The molecular weight excluding hydrogens is 232 g/mol. The third kappa shape index (κ3) is 3.11. The van der Waals surface area contributed by atoms with Crippen LogP contribution in [0.15, 0.2) is 24.3 Å². The number of tetrazole rings is 1. The molecule has 0 fully saturated rings. The topological polar surface area (TPSA) is 86.8 Å². The molecule has 18 heavy (non-hydrogen) atoms. The molecule has 94 valence electrons. The van der Waals surface area contributed by atoms with Gasteiger partial charge >= 0.3 is 0 Å². The Morgan fingerprint density at radius 1 is 1.33 bits per heavy atom. The lowest BCUT2D eigenvalue weighted by Gasteiger charge is -2.09. The van der Waals surface area contributed by atoms with E-state index in [0.29, 0.717) is 5.56 Å². The number of anilines is 1. The third-order valence-corrected chi connectivity index (χ3v) is 2.29. The molecule has 0 unspecified atom stereocenters. The molecule has 0 radical (unpaired) electrons. The Balaban J connectivity index is 2.03. The van der Waals surface area contributed by atoms with Crippen molar-refractivity contribution in [3.05, 3.63) is 35.4 Å². The second-order valence-electron chi connectivity index (χ2n) is 4.12. The first-order valence-corrected chi connectivity index (χ1v) is 5.43. The molecule has 0 atom stereocenters. The second-order valence-corrected chi connectivity index (χ2v) is 4.12. The van der Waals surface area contributed by atoms with Crippen LogP contribution in [-0.2, 0) is 6.54 Å². The van der Waals surface area contributed by atoms with Crippen molar-refractivity contribution in [2.24, 2.45) is 0 Å². The molecule has 7 heteroatoms. The predicted octanol–water partition coefficient (Wildman–Crippen LogP) is 0.514. The van der Waals surface area contributed by atoms with Gasteiger partial charge in [-0.2, -0.15) is 5.21 Å². The Kier molecular flexibility index (Phi) is 3.63. The lowest BCUT2D eigenvalue weighted by Crippen LogP contribution is -2.14. The number of rotatable bonds is 4. The van der Waals surface area contributed by atoms with Crippen molar-refractivity contribution in [2.45, 2.75) is 6.54 Å². The summed E-state index contributed by atoms with van der Waals surface area (Å²) in [6.07, 6.45) is 0. The van der Waals surface area contributed by atoms with E-state index in [4.69, 9.17) is 0 Å². The van der Waals surface area contributed by atoms with Crippen LogP contribution in [0.4, 0.5) is 5.95 Å². The number of aromatic nitrogens is 4. The standard InChI is InChI=1S/C11H14N6O/c1-17(2)7-8-3-5-9(6-4-8)10(18)12-11-13-15-16-14-11/h3-6H,7H2,1-2H3,(H2,12,13,14,15,16,18). The van der Waals surface area contributed by atoms with Gasteiger partial charge in [0.25, 0.3) is 11.9 Å². The smallest absolute Gasteiger partial charge is 0.270 e. The van der Waals surface area contributed by atoms with Crippen LogP contribution in [0.25, 0.3) is 0 Å². The van der Waals surface area contributed by atoms with Crippen LogP contribution in [0.1, 0.15) is 15.9 Å². The van der Waals surface area contributed by atoms with Gasteiger partial charge in [-0.15, -0.1) is 5.10 Å². The lowest BCUT2D eigenvalue weighted by atomic mass is 10.1. The predicted molar refractivity (Wildman–Crippen MR) is 66.0 cm³/mol. The summed E-state index contributed by atoms with van der Waals surface area (Å²) in [4.78, 5) is 13.9. The Labute approximate surface area is 104 Å². The number of benzene rings is 1. The highest BCUT2D eigenvalue weighted by atomic mass is 16.1. The van der Waals surface area contributed by atoms with Gasteiger partial charge in [0.2, 0.25) is 0 Å². The number of amides is 1. The van der Waals surface area contributed by atoms with Crippen LogP contribution in [0, 0.1) is 0 Å². The SMILES string of the molecule is CN(C)Cc1ccc(C(=O)Nc2nn[nH]n2)cc1. The highest BCUT2D eigenvalue weighted by Gasteiger charge is 2.08. The molecule has 1 heterocycles. The van der Waals surface area contributed by atoms with Crippen LogP contribution < -0.4 is 5.32 Å². The number of nitrogens with one attached hydrogen (secondary N) is 2. The zero-order valence-corrected chi connectivity index (χ0v) is 10.2. The summed E-state index contributed by atoms with van der Waals surface area (Å²) in [6, 6.07) is 7.39. The Morgan fingerprint density at radius 2 is 2.06 bits per heavy atom. The molecular formula is C11H14N6O. The summed E-state index contributed by atoms with van der Waals surface area (Å²) in [5.74, 6) is -0.0924. The van der Waals surface area contributed by atoms with Crippen molar-refractivity contribution in [1.29, 1.82) is 0 Å². The van der Waals surface area contributed by atoms with Crippen molar-refractivity contribution >= 4 is 11.9 Å². The van der Waals surface area contributed by atoms with E-state index < -0.39 is 0 Å². The van der Waals surface area contributed by atoms with E-state index in [2.05, 4.69) is 30.8 Å².